The third-order valence-electron chi connectivity index (χ3n) is 5.88. The van der Waals surface area contributed by atoms with Crippen LogP contribution in [-0.2, 0) is 6.61 Å². The molecule has 5 rings (SSSR count). The van der Waals surface area contributed by atoms with Crippen molar-refractivity contribution in [1.29, 1.82) is 0 Å². The molecule has 0 spiro atoms. The second-order valence-electron chi connectivity index (χ2n) is 8.72. The first-order chi connectivity index (χ1) is 19.0. The van der Waals surface area contributed by atoms with Crippen LogP contribution < -0.4 is 15.5 Å². The van der Waals surface area contributed by atoms with Gasteiger partial charge in [-0.25, -0.2) is 14.8 Å². The molecule has 0 bridgehead atoms. The summed E-state index contributed by atoms with van der Waals surface area (Å²) in [5.74, 6) is -0.138. The van der Waals surface area contributed by atoms with Crippen molar-refractivity contribution in [2.45, 2.75) is 13.5 Å². The molecule has 0 aliphatic heterocycles. The first-order valence-electron chi connectivity index (χ1n) is 12.2. The summed E-state index contributed by atoms with van der Waals surface area (Å²) in [4.78, 5) is 17.3. The van der Waals surface area contributed by atoms with Gasteiger partial charge in [-0.1, -0.05) is 60.2 Å². The Morgan fingerprint density at radius 1 is 0.974 bits per heavy atom. The fourth-order valence-electron chi connectivity index (χ4n) is 3.73. The second-order valence-corrected chi connectivity index (χ2v) is 9.58. The maximum atomic E-state index is 13.9. The standard InChI is InChI=1S/C31H25FN4O2S/c1-21-10-16-26(17-11-21)34-31-35-28(20-39-31)22-12-14-23(15-13-22)30(37)36-33-18-24-6-3-5-9-29(24)38-19-25-7-2-4-8-27(25)32/h2-18,20H,19H2,1H3,(H,34,35)(H,36,37)/b33-18-. The van der Waals surface area contributed by atoms with Gasteiger partial charge in [-0.05, 0) is 49.4 Å². The normalized spacial score (nSPS) is 10.9. The van der Waals surface area contributed by atoms with E-state index in [0.29, 0.717) is 22.4 Å². The van der Waals surface area contributed by atoms with E-state index in [1.807, 2.05) is 60.8 Å². The number of nitrogens with zero attached hydrogens (tertiary/aromatic N) is 2. The van der Waals surface area contributed by atoms with Crippen LogP contribution in [0.3, 0.4) is 0 Å². The van der Waals surface area contributed by atoms with Crippen LogP contribution in [0.5, 0.6) is 5.75 Å². The van der Waals surface area contributed by atoms with Crippen molar-refractivity contribution >= 4 is 34.3 Å². The van der Waals surface area contributed by atoms with Gasteiger partial charge in [0.2, 0.25) is 0 Å². The van der Waals surface area contributed by atoms with E-state index in [0.717, 1.165) is 22.1 Å². The van der Waals surface area contributed by atoms with E-state index >= 15 is 0 Å². The number of para-hydroxylation sites is 1. The number of nitrogens with one attached hydrogen (secondary N) is 2. The van der Waals surface area contributed by atoms with Crippen molar-refractivity contribution in [3.63, 3.8) is 0 Å². The highest BCUT2D eigenvalue weighted by molar-refractivity contribution is 7.14. The maximum Gasteiger partial charge on any atom is 0.271 e. The molecular formula is C31H25FN4O2S. The fourth-order valence-corrected chi connectivity index (χ4v) is 4.47. The molecule has 1 amide bonds. The summed E-state index contributed by atoms with van der Waals surface area (Å²) < 4.78 is 19.7. The topological polar surface area (TPSA) is 75.6 Å². The molecule has 1 heterocycles. The Balaban J connectivity index is 1.18. The van der Waals surface area contributed by atoms with Crippen molar-refractivity contribution < 1.29 is 13.9 Å². The predicted molar refractivity (Wildman–Crippen MR) is 154 cm³/mol. The lowest BCUT2D eigenvalue weighted by atomic mass is 10.1. The molecule has 6 nitrogen and oxygen atoms in total. The van der Waals surface area contributed by atoms with Gasteiger partial charge in [0.1, 0.15) is 18.2 Å². The van der Waals surface area contributed by atoms with Gasteiger partial charge in [-0.3, -0.25) is 4.79 Å². The minimum Gasteiger partial charge on any atom is -0.488 e. The summed E-state index contributed by atoms with van der Waals surface area (Å²) in [7, 11) is 0. The lowest BCUT2D eigenvalue weighted by molar-refractivity contribution is 0.0955. The van der Waals surface area contributed by atoms with Crippen LogP contribution >= 0.6 is 11.3 Å². The SMILES string of the molecule is Cc1ccc(Nc2nc(-c3ccc(C(=O)N/N=C\c4ccccc4OCc4ccccc4F)cc3)cs2)cc1. The first kappa shape index (κ1) is 25.8. The lowest BCUT2D eigenvalue weighted by Crippen LogP contribution is -2.17. The molecule has 0 radical (unpaired) electrons. The molecule has 0 aliphatic carbocycles. The Morgan fingerprint density at radius 2 is 1.72 bits per heavy atom. The molecule has 0 atom stereocenters. The summed E-state index contributed by atoms with van der Waals surface area (Å²) in [5.41, 5.74) is 8.03. The number of carbonyl (C=O) groups excluding carboxylic acids is 1. The van der Waals surface area contributed by atoms with E-state index in [1.54, 1.807) is 42.5 Å². The molecule has 4 aromatic carbocycles. The van der Waals surface area contributed by atoms with E-state index in [9.17, 15) is 9.18 Å². The highest BCUT2D eigenvalue weighted by Gasteiger charge is 2.09. The smallest absolute Gasteiger partial charge is 0.271 e. The number of rotatable bonds is 9. The molecule has 0 saturated heterocycles. The van der Waals surface area contributed by atoms with Gasteiger partial charge < -0.3 is 10.1 Å². The van der Waals surface area contributed by atoms with E-state index in [4.69, 9.17) is 4.74 Å². The largest absolute Gasteiger partial charge is 0.488 e. The average Bonchev–Trinajstić information content (AvgIpc) is 3.43. The maximum absolute atomic E-state index is 13.9. The number of aromatic nitrogens is 1. The van der Waals surface area contributed by atoms with Gasteiger partial charge in [0.15, 0.2) is 5.13 Å². The van der Waals surface area contributed by atoms with Crippen molar-refractivity contribution in [1.82, 2.24) is 10.4 Å². The zero-order chi connectivity index (χ0) is 27.0. The number of carbonyl (C=O) groups is 1. The quantitative estimate of drug-likeness (QED) is 0.153. The third kappa shape index (κ3) is 6.74. The zero-order valence-electron chi connectivity index (χ0n) is 21.1. The summed E-state index contributed by atoms with van der Waals surface area (Å²) in [6, 6.07) is 29.0. The summed E-state index contributed by atoms with van der Waals surface area (Å²) in [6.07, 6.45) is 1.50. The van der Waals surface area contributed by atoms with Crippen LogP contribution in [0, 0.1) is 12.7 Å². The van der Waals surface area contributed by atoms with Gasteiger partial charge in [0.05, 0.1) is 11.9 Å². The Bertz CT molecular complexity index is 1600. The van der Waals surface area contributed by atoms with Crippen LogP contribution in [0.1, 0.15) is 27.0 Å². The summed E-state index contributed by atoms with van der Waals surface area (Å²) in [6.45, 7) is 2.13. The highest BCUT2D eigenvalue weighted by atomic mass is 32.1. The van der Waals surface area contributed by atoms with Crippen LogP contribution in [0.15, 0.2) is 108 Å². The van der Waals surface area contributed by atoms with Crippen LogP contribution in [0.4, 0.5) is 15.2 Å². The van der Waals surface area contributed by atoms with Crippen molar-refractivity contribution in [3.05, 3.63) is 131 Å². The van der Waals surface area contributed by atoms with E-state index in [-0.39, 0.29) is 18.3 Å². The molecule has 194 valence electrons. The highest BCUT2D eigenvalue weighted by Crippen LogP contribution is 2.27. The number of anilines is 2. The van der Waals surface area contributed by atoms with Crippen molar-refractivity contribution in [2.75, 3.05) is 5.32 Å². The number of hydrogen-bond donors (Lipinski definition) is 2. The number of benzene rings is 4. The molecule has 0 aliphatic rings. The molecule has 5 aromatic rings. The molecule has 39 heavy (non-hydrogen) atoms. The monoisotopic (exact) mass is 536 g/mol. The zero-order valence-corrected chi connectivity index (χ0v) is 21.9. The molecule has 8 heteroatoms. The fraction of sp³-hybridized carbons (Fsp3) is 0.0645. The molecule has 2 N–H and O–H groups in total. The Labute approximate surface area is 229 Å². The van der Waals surface area contributed by atoms with Crippen molar-refractivity contribution in [2.24, 2.45) is 5.10 Å². The Morgan fingerprint density at radius 3 is 2.51 bits per heavy atom. The van der Waals surface area contributed by atoms with Gasteiger partial charge >= 0.3 is 0 Å². The molecule has 1 aromatic heterocycles. The second kappa shape index (κ2) is 12.1. The number of ether oxygens (including phenoxy) is 1. The van der Waals surface area contributed by atoms with E-state index in [1.165, 1.54) is 29.2 Å². The Kier molecular flexibility index (Phi) is 8.04. The number of hydrogen-bond acceptors (Lipinski definition) is 6. The number of hydrazone groups is 1. The van der Waals surface area contributed by atoms with Crippen LogP contribution in [-0.4, -0.2) is 17.1 Å². The number of aryl methyl sites for hydroxylation is 1. The van der Waals surface area contributed by atoms with Gasteiger partial charge in [0.25, 0.3) is 5.91 Å². The van der Waals surface area contributed by atoms with Gasteiger partial charge in [-0.15, -0.1) is 11.3 Å². The number of halogens is 1. The van der Waals surface area contributed by atoms with Crippen molar-refractivity contribution in [3.8, 4) is 17.0 Å². The molecule has 0 fully saturated rings. The Hall–Kier alpha value is -4.82. The average molecular weight is 537 g/mol. The first-order valence-corrected chi connectivity index (χ1v) is 13.1. The molecule has 0 saturated carbocycles. The third-order valence-corrected chi connectivity index (χ3v) is 6.64. The van der Waals surface area contributed by atoms with E-state index in [2.05, 4.69) is 20.8 Å². The van der Waals surface area contributed by atoms with Gasteiger partial charge in [-0.2, -0.15) is 5.10 Å². The number of thiazole rings is 1. The number of amides is 1. The predicted octanol–water partition coefficient (Wildman–Crippen LogP) is 7.34. The summed E-state index contributed by atoms with van der Waals surface area (Å²) in [5, 5.41) is 10.2. The molecule has 0 unspecified atom stereocenters. The van der Waals surface area contributed by atoms with E-state index < -0.39 is 0 Å². The van der Waals surface area contributed by atoms with Crippen LogP contribution in [0.25, 0.3) is 11.3 Å². The summed E-state index contributed by atoms with van der Waals surface area (Å²) >= 11 is 1.52. The minimum atomic E-state index is -0.345. The molecular weight excluding hydrogens is 511 g/mol. The van der Waals surface area contributed by atoms with Gasteiger partial charge in [0, 0.05) is 33.3 Å². The minimum absolute atomic E-state index is 0.0821. The van der Waals surface area contributed by atoms with Crippen LogP contribution in [0.2, 0.25) is 0 Å². The lowest BCUT2D eigenvalue weighted by Gasteiger charge is -2.09.